The van der Waals surface area contributed by atoms with Gasteiger partial charge in [0.05, 0.1) is 11.2 Å². The van der Waals surface area contributed by atoms with E-state index in [1.54, 1.807) is 30.3 Å². The molecule has 0 spiro atoms. The number of carbonyl (C=O) groups is 2. The molecule has 5 nitrogen and oxygen atoms in total. The van der Waals surface area contributed by atoms with Gasteiger partial charge in [-0.1, -0.05) is 48.5 Å². The minimum absolute atomic E-state index is 0.0417. The summed E-state index contributed by atoms with van der Waals surface area (Å²) in [7, 11) is 0. The van der Waals surface area contributed by atoms with Crippen LogP contribution in [-0.2, 0) is 16.8 Å². The Morgan fingerprint density at radius 3 is 2.23 bits per heavy atom. The monoisotopic (exact) mass is 548 g/mol. The fraction of sp³-hybridized carbons (Fsp3) is 0.214. The molecule has 0 unspecified atom stereocenters. The number of allylic oxidation sites excluding steroid dienone is 2. The van der Waals surface area contributed by atoms with Gasteiger partial charge in [-0.15, -0.1) is 0 Å². The van der Waals surface area contributed by atoms with Crippen molar-refractivity contribution >= 4 is 11.8 Å². The number of carbonyl (C=O) groups excluding carboxylic acids is 2. The lowest BCUT2D eigenvalue weighted by Crippen LogP contribution is -2.52. The molecule has 3 aromatic rings. The number of hydrogen-bond acceptors (Lipinski definition) is 3. The van der Waals surface area contributed by atoms with Crippen molar-refractivity contribution in [3.63, 3.8) is 0 Å². The van der Waals surface area contributed by atoms with Crippen LogP contribution in [-0.4, -0.2) is 24.3 Å². The van der Waals surface area contributed by atoms with Crippen molar-refractivity contribution in [1.82, 2.24) is 10.6 Å². The fourth-order valence-corrected chi connectivity index (χ4v) is 4.33. The molecule has 2 amide bonds. The standard InChI is InChI=1S/C28H22F6N2O3/c29-20-11-9-18(10-12-20)27(16-17-5-2-1-3-6-17,36-26(38)35-23-7-4-8-24(23)37)19-13-21(30)15-22(14-19)39-28(33,34)25(31)32/h1-3,5-7,9-15,25H,4,8,16H2,(H2,35,36,38)/t27-/m1/s1. The second-order valence-corrected chi connectivity index (χ2v) is 8.87. The van der Waals surface area contributed by atoms with Crippen LogP contribution < -0.4 is 15.4 Å². The Morgan fingerprint density at radius 2 is 1.62 bits per heavy atom. The van der Waals surface area contributed by atoms with Gasteiger partial charge in [0.25, 0.3) is 0 Å². The molecule has 11 heteroatoms. The van der Waals surface area contributed by atoms with E-state index >= 15 is 0 Å². The summed E-state index contributed by atoms with van der Waals surface area (Å²) < 4.78 is 85.9. The fourth-order valence-electron chi connectivity index (χ4n) is 4.33. The molecule has 0 heterocycles. The van der Waals surface area contributed by atoms with Crippen LogP contribution >= 0.6 is 0 Å². The number of alkyl halides is 4. The normalized spacial score (nSPS) is 15.1. The van der Waals surface area contributed by atoms with Crippen LogP contribution in [0, 0.1) is 11.6 Å². The van der Waals surface area contributed by atoms with E-state index in [0.29, 0.717) is 18.1 Å². The molecule has 0 saturated carbocycles. The quantitative estimate of drug-likeness (QED) is 0.312. The first-order valence-electron chi connectivity index (χ1n) is 11.8. The maximum Gasteiger partial charge on any atom is 0.461 e. The average molecular weight is 548 g/mol. The van der Waals surface area contributed by atoms with E-state index < -0.39 is 41.5 Å². The zero-order chi connectivity index (χ0) is 28.2. The van der Waals surface area contributed by atoms with Gasteiger partial charge < -0.3 is 15.4 Å². The second kappa shape index (κ2) is 11.2. The number of rotatable bonds is 9. The number of benzene rings is 3. The van der Waals surface area contributed by atoms with Gasteiger partial charge in [-0.2, -0.15) is 17.6 Å². The molecule has 0 saturated heterocycles. The highest BCUT2D eigenvalue weighted by atomic mass is 19.3. The highest BCUT2D eigenvalue weighted by Gasteiger charge is 2.45. The third-order valence-corrected chi connectivity index (χ3v) is 6.12. The summed E-state index contributed by atoms with van der Waals surface area (Å²) >= 11 is 0. The molecule has 0 aliphatic heterocycles. The van der Waals surface area contributed by atoms with Gasteiger partial charge in [0.15, 0.2) is 5.78 Å². The zero-order valence-electron chi connectivity index (χ0n) is 20.2. The molecular weight excluding hydrogens is 526 g/mol. The first-order chi connectivity index (χ1) is 18.5. The number of halogens is 6. The number of ether oxygens (including phenoxy) is 1. The van der Waals surface area contributed by atoms with E-state index in [0.717, 1.165) is 24.3 Å². The Labute approximate surface area is 219 Å². The summed E-state index contributed by atoms with van der Waals surface area (Å²) in [5.41, 5.74) is -1.11. The molecule has 39 heavy (non-hydrogen) atoms. The molecule has 1 aliphatic rings. The summed E-state index contributed by atoms with van der Waals surface area (Å²) in [6, 6.07) is 14.7. The average Bonchev–Trinajstić information content (AvgIpc) is 3.27. The maximum absolute atomic E-state index is 14.8. The van der Waals surface area contributed by atoms with E-state index in [-0.39, 0.29) is 35.4 Å². The van der Waals surface area contributed by atoms with Crippen LogP contribution in [0.2, 0.25) is 0 Å². The van der Waals surface area contributed by atoms with Crippen molar-refractivity contribution in [2.45, 2.75) is 37.3 Å². The number of hydrogen-bond donors (Lipinski definition) is 2. The van der Waals surface area contributed by atoms with Gasteiger partial charge in [0, 0.05) is 18.9 Å². The molecule has 0 aromatic heterocycles. The molecule has 3 aromatic carbocycles. The Kier molecular flexibility index (Phi) is 7.98. The molecule has 0 radical (unpaired) electrons. The molecule has 4 rings (SSSR count). The van der Waals surface area contributed by atoms with Gasteiger partial charge in [0.1, 0.15) is 17.4 Å². The summed E-state index contributed by atoms with van der Waals surface area (Å²) in [6.07, 6.45) is -7.09. The Hall–Kier alpha value is -4.28. The second-order valence-electron chi connectivity index (χ2n) is 8.87. The van der Waals surface area contributed by atoms with Gasteiger partial charge >= 0.3 is 18.6 Å². The largest absolute Gasteiger partial charge is 0.461 e. The van der Waals surface area contributed by atoms with E-state index in [2.05, 4.69) is 15.4 Å². The lowest BCUT2D eigenvalue weighted by atomic mass is 9.77. The predicted octanol–water partition coefficient (Wildman–Crippen LogP) is 6.23. The predicted molar refractivity (Wildman–Crippen MR) is 129 cm³/mol. The molecule has 204 valence electrons. The van der Waals surface area contributed by atoms with Gasteiger partial charge in [0.2, 0.25) is 0 Å². The first-order valence-corrected chi connectivity index (χ1v) is 11.8. The molecule has 2 N–H and O–H groups in total. The molecule has 1 aliphatic carbocycles. The topological polar surface area (TPSA) is 67.4 Å². The minimum Gasteiger partial charge on any atom is -0.428 e. The molecule has 0 bridgehead atoms. The van der Waals surface area contributed by atoms with Crippen molar-refractivity contribution in [1.29, 1.82) is 0 Å². The summed E-state index contributed by atoms with van der Waals surface area (Å²) in [5, 5.41) is 5.14. The Bertz CT molecular complexity index is 1380. The third-order valence-electron chi connectivity index (χ3n) is 6.12. The van der Waals surface area contributed by atoms with Gasteiger partial charge in [-0.05, 0) is 47.4 Å². The van der Waals surface area contributed by atoms with Gasteiger partial charge in [-0.3, -0.25) is 4.79 Å². The van der Waals surface area contributed by atoms with E-state index in [1.165, 1.54) is 18.2 Å². The SMILES string of the molecule is O=C(NC1=CCCC1=O)N[C@](Cc1ccccc1)(c1ccc(F)cc1)c1cc(F)cc(OC(F)(F)C(F)F)c1. The smallest absolute Gasteiger partial charge is 0.428 e. The highest BCUT2D eigenvalue weighted by Crippen LogP contribution is 2.38. The maximum atomic E-state index is 14.8. The van der Waals surface area contributed by atoms with Crippen molar-refractivity contribution in [3.05, 3.63) is 113 Å². The number of Topliss-reactive ketones (excluding diaryl/α,β-unsaturated/α-hetero) is 1. The summed E-state index contributed by atoms with van der Waals surface area (Å²) in [5.74, 6) is -2.98. The van der Waals surface area contributed by atoms with Crippen molar-refractivity contribution < 1.29 is 40.7 Å². The van der Waals surface area contributed by atoms with Crippen LogP contribution in [0.15, 0.2) is 84.6 Å². The lowest BCUT2D eigenvalue weighted by molar-refractivity contribution is -0.253. The number of ketones is 1. The van der Waals surface area contributed by atoms with E-state index in [1.807, 2.05) is 0 Å². The van der Waals surface area contributed by atoms with Crippen molar-refractivity contribution in [2.24, 2.45) is 0 Å². The highest BCUT2D eigenvalue weighted by molar-refractivity contribution is 6.00. The zero-order valence-corrected chi connectivity index (χ0v) is 20.2. The van der Waals surface area contributed by atoms with Crippen LogP contribution in [0.3, 0.4) is 0 Å². The number of nitrogens with one attached hydrogen (secondary N) is 2. The third kappa shape index (κ3) is 6.42. The van der Waals surface area contributed by atoms with Crippen LogP contribution in [0.1, 0.15) is 29.5 Å². The van der Waals surface area contributed by atoms with E-state index in [4.69, 9.17) is 0 Å². The van der Waals surface area contributed by atoms with Crippen LogP contribution in [0.5, 0.6) is 5.75 Å². The number of amides is 2. The van der Waals surface area contributed by atoms with Crippen LogP contribution in [0.4, 0.5) is 31.1 Å². The molecule has 1 atom stereocenters. The first kappa shape index (κ1) is 27.7. The van der Waals surface area contributed by atoms with Gasteiger partial charge in [-0.25, -0.2) is 13.6 Å². The van der Waals surface area contributed by atoms with Crippen molar-refractivity contribution in [2.75, 3.05) is 0 Å². The lowest BCUT2D eigenvalue weighted by Gasteiger charge is -2.37. The molecular formula is C28H22F6N2O3. The van der Waals surface area contributed by atoms with E-state index in [9.17, 15) is 35.9 Å². The number of urea groups is 1. The Morgan fingerprint density at radius 1 is 0.923 bits per heavy atom. The van der Waals surface area contributed by atoms with Crippen molar-refractivity contribution in [3.8, 4) is 5.75 Å². The summed E-state index contributed by atoms with van der Waals surface area (Å²) in [6.45, 7) is 0. The molecule has 0 fully saturated rings. The Balaban J connectivity index is 1.88. The van der Waals surface area contributed by atoms with Crippen LogP contribution in [0.25, 0.3) is 0 Å². The summed E-state index contributed by atoms with van der Waals surface area (Å²) in [4.78, 5) is 25.3. The minimum atomic E-state index is -4.93.